The minimum absolute atomic E-state index is 0.0783. The molecule has 1 aliphatic carbocycles. The number of hydrogen-bond donors (Lipinski definition) is 2. The lowest BCUT2D eigenvalue weighted by Gasteiger charge is -2.61. The maximum atomic E-state index is 12.8. The maximum absolute atomic E-state index is 12.8. The number of benzene rings is 1. The van der Waals surface area contributed by atoms with Crippen molar-refractivity contribution in [3.8, 4) is 5.75 Å². The van der Waals surface area contributed by atoms with E-state index >= 15 is 0 Å². The molecule has 4 nitrogen and oxygen atoms in total. The van der Waals surface area contributed by atoms with Crippen LogP contribution in [0.1, 0.15) is 24.5 Å². The van der Waals surface area contributed by atoms with Crippen LogP contribution in [-0.2, 0) is 16.8 Å². The molecule has 1 amide bonds. The van der Waals surface area contributed by atoms with Crippen LogP contribution in [0.2, 0.25) is 0 Å². The van der Waals surface area contributed by atoms with Gasteiger partial charge in [-0.05, 0) is 24.5 Å². The molecular formula is C15H15F3N2O2. The first-order chi connectivity index (χ1) is 10.3. The lowest BCUT2D eigenvalue weighted by atomic mass is 9.59. The molecule has 1 fully saturated rings. The third-order valence-electron chi connectivity index (χ3n) is 5.50. The van der Waals surface area contributed by atoms with Crippen molar-refractivity contribution in [2.45, 2.75) is 37.5 Å². The second-order valence-electron chi connectivity index (χ2n) is 6.40. The summed E-state index contributed by atoms with van der Waals surface area (Å²) >= 11 is 0. The molecule has 1 spiro atoms. The van der Waals surface area contributed by atoms with Crippen LogP contribution in [0.3, 0.4) is 0 Å². The maximum Gasteiger partial charge on any atom is 0.471 e. The summed E-state index contributed by atoms with van der Waals surface area (Å²) < 4.78 is 38.4. The number of alkyl halides is 3. The highest BCUT2D eigenvalue weighted by atomic mass is 19.4. The standard InChI is InChI=1S/C15H15F3N2O2/c1-7-9-6-8-2-3-10(21)12-11(8)14(7,19-12)4-5-20(9)13(22)15(16,17)18/h2-3,7,9,19,21H,4-6H2,1H3/t7?,9-,14+/m1/s1. The molecule has 1 unspecified atom stereocenters. The fourth-order valence-electron chi connectivity index (χ4n) is 4.41. The van der Waals surface area contributed by atoms with Gasteiger partial charge in [-0.3, -0.25) is 4.79 Å². The van der Waals surface area contributed by atoms with Crippen molar-refractivity contribution in [1.29, 1.82) is 0 Å². The van der Waals surface area contributed by atoms with Crippen molar-refractivity contribution in [3.63, 3.8) is 0 Å². The minimum atomic E-state index is -4.84. The van der Waals surface area contributed by atoms with Crippen molar-refractivity contribution in [1.82, 2.24) is 4.90 Å². The Hall–Kier alpha value is -1.92. The van der Waals surface area contributed by atoms with E-state index in [1.165, 1.54) is 0 Å². The molecule has 2 N–H and O–H groups in total. The Balaban J connectivity index is 1.77. The van der Waals surface area contributed by atoms with Crippen molar-refractivity contribution < 1.29 is 23.1 Å². The van der Waals surface area contributed by atoms with Crippen LogP contribution in [0.15, 0.2) is 12.1 Å². The molecule has 22 heavy (non-hydrogen) atoms. The summed E-state index contributed by atoms with van der Waals surface area (Å²) in [6, 6.07) is 2.83. The average molecular weight is 312 g/mol. The van der Waals surface area contributed by atoms with Crippen LogP contribution in [0.5, 0.6) is 5.75 Å². The molecule has 4 rings (SSSR count). The number of nitrogens with one attached hydrogen (secondary N) is 1. The van der Waals surface area contributed by atoms with Gasteiger partial charge in [0.25, 0.3) is 0 Å². The summed E-state index contributed by atoms with van der Waals surface area (Å²) in [6.07, 6.45) is -4.01. The fourth-order valence-corrected chi connectivity index (χ4v) is 4.41. The van der Waals surface area contributed by atoms with E-state index in [2.05, 4.69) is 5.32 Å². The molecule has 1 aromatic carbocycles. The van der Waals surface area contributed by atoms with E-state index in [4.69, 9.17) is 0 Å². The van der Waals surface area contributed by atoms with Crippen LogP contribution in [-0.4, -0.2) is 34.7 Å². The number of piperidine rings is 1. The first-order valence-corrected chi connectivity index (χ1v) is 7.27. The summed E-state index contributed by atoms with van der Waals surface area (Å²) in [5, 5.41) is 13.1. The topological polar surface area (TPSA) is 52.6 Å². The number of carbonyl (C=O) groups excluding carboxylic acids is 1. The summed E-state index contributed by atoms with van der Waals surface area (Å²) in [7, 11) is 0. The molecule has 1 aromatic rings. The summed E-state index contributed by atoms with van der Waals surface area (Å²) in [4.78, 5) is 12.7. The lowest BCUT2D eigenvalue weighted by Crippen LogP contribution is -2.67. The normalized spacial score (nSPS) is 31.9. The van der Waals surface area contributed by atoms with Gasteiger partial charge in [0.1, 0.15) is 5.75 Å². The van der Waals surface area contributed by atoms with Crippen molar-refractivity contribution in [2.24, 2.45) is 5.92 Å². The average Bonchev–Trinajstić information content (AvgIpc) is 2.40. The van der Waals surface area contributed by atoms with Gasteiger partial charge in [0.05, 0.1) is 11.2 Å². The van der Waals surface area contributed by atoms with Gasteiger partial charge in [0.2, 0.25) is 0 Å². The van der Waals surface area contributed by atoms with E-state index in [0.29, 0.717) is 18.5 Å². The second-order valence-corrected chi connectivity index (χ2v) is 6.40. The van der Waals surface area contributed by atoms with Crippen molar-refractivity contribution >= 4 is 11.6 Å². The van der Waals surface area contributed by atoms with E-state index < -0.39 is 23.7 Å². The van der Waals surface area contributed by atoms with Gasteiger partial charge in [0.15, 0.2) is 0 Å². The van der Waals surface area contributed by atoms with Gasteiger partial charge >= 0.3 is 12.1 Å². The number of phenolic OH excluding ortho intramolecular Hbond substituents is 1. The van der Waals surface area contributed by atoms with E-state index in [0.717, 1.165) is 16.0 Å². The Morgan fingerprint density at radius 1 is 1.45 bits per heavy atom. The van der Waals surface area contributed by atoms with Gasteiger partial charge < -0.3 is 15.3 Å². The Kier molecular flexibility index (Phi) is 2.42. The number of amides is 1. The van der Waals surface area contributed by atoms with E-state index in [-0.39, 0.29) is 18.2 Å². The smallest absolute Gasteiger partial charge is 0.471 e. The van der Waals surface area contributed by atoms with Gasteiger partial charge in [-0.25, -0.2) is 0 Å². The number of aromatic hydroxyl groups is 1. The zero-order valence-electron chi connectivity index (χ0n) is 11.9. The minimum Gasteiger partial charge on any atom is -0.506 e. The molecular weight excluding hydrogens is 297 g/mol. The van der Waals surface area contributed by atoms with Crippen LogP contribution < -0.4 is 5.32 Å². The summed E-state index contributed by atoms with van der Waals surface area (Å²) in [5.41, 5.74) is 2.23. The molecule has 1 saturated heterocycles. The Morgan fingerprint density at radius 3 is 2.86 bits per heavy atom. The highest BCUT2D eigenvalue weighted by Gasteiger charge is 2.60. The quantitative estimate of drug-likeness (QED) is 0.723. The Bertz CT molecular complexity index is 688. The number of phenols is 1. The number of nitrogens with zero attached hydrogens (tertiary/aromatic N) is 1. The predicted molar refractivity (Wildman–Crippen MR) is 72.4 cm³/mol. The third-order valence-corrected chi connectivity index (χ3v) is 5.50. The Morgan fingerprint density at radius 2 is 2.18 bits per heavy atom. The molecule has 2 heterocycles. The monoisotopic (exact) mass is 312 g/mol. The summed E-state index contributed by atoms with van der Waals surface area (Å²) in [6.45, 7) is 1.96. The highest BCUT2D eigenvalue weighted by Crippen LogP contribution is 2.59. The number of anilines is 1. The molecule has 2 bridgehead atoms. The van der Waals surface area contributed by atoms with Gasteiger partial charge in [0, 0.05) is 24.1 Å². The molecule has 7 heteroatoms. The molecule has 3 aliphatic rings. The van der Waals surface area contributed by atoms with Crippen LogP contribution in [0, 0.1) is 5.92 Å². The third kappa shape index (κ3) is 1.46. The van der Waals surface area contributed by atoms with E-state index in [1.807, 2.05) is 6.92 Å². The molecule has 3 atom stereocenters. The highest BCUT2D eigenvalue weighted by molar-refractivity contribution is 5.84. The summed E-state index contributed by atoms with van der Waals surface area (Å²) in [5.74, 6) is -1.71. The van der Waals surface area contributed by atoms with Crippen LogP contribution in [0.4, 0.5) is 18.9 Å². The number of likely N-dealkylation sites (tertiary alicyclic amines) is 1. The SMILES string of the molecule is CC1[C@H]2Cc3ccc(O)c4c3[C@@]1(CCN2C(=O)C(F)(F)F)N4. The van der Waals surface area contributed by atoms with E-state index in [1.54, 1.807) is 12.1 Å². The van der Waals surface area contributed by atoms with E-state index in [9.17, 15) is 23.1 Å². The lowest BCUT2D eigenvalue weighted by molar-refractivity contribution is -0.192. The van der Waals surface area contributed by atoms with Gasteiger partial charge in [-0.2, -0.15) is 13.2 Å². The van der Waals surface area contributed by atoms with Gasteiger partial charge in [-0.15, -0.1) is 0 Å². The molecule has 0 aromatic heterocycles. The number of rotatable bonds is 0. The number of carbonyl (C=O) groups is 1. The second kappa shape index (κ2) is 3.88. The first kappa shape index (κ1) is 13.7. The predicted octanol–water partition coefficient (Wildman–Crippen LogP) is 2.37. The fraction of sp³-hybridized carbons (Fsp3) is 0.533. The largest absolute Gasteiger partial charge is 0.506 e. The zero-order chi connectivity index (χ0) is 15.9. The van der Waals surface area contributed by atoms with Crippen LogP contribution in [0.25, 0.3) is 0 Å². The molecule has 2 aliphatic heterocycles. The number of halogens is 3. The van der Waals surface area contributed by atoms with Crippen molar-refractivity contribution in [3.05, 3.63) is 23.3 Å². The van der Waals surface area contributed by atoms with Gasteiger partial charge in [-0.1, -0.05) is 13.0 Å². The molecule has 118 valence electrons. The molecule has 0 radical (unpaired) electrons. The zero-order valence-corrected chi connectivity index (χ0v) is 11.9. The molecule has 0 saturated carbocycles. The number of fused-ring (bicyclic) bond motifs is 1. The number of hydrogen-bond acceptors (Lipinski definition) is 3. The van der Waals surface area contributed by atoms with Crippen molar-refractivity contribution in [2.75, 3.05) is 11.9 Å². The first-order valence-electron chi connectivity index (χ1n) is 7.27. The van der Waals surface area contributed by atoms with Crippen LogP contribution >= 0.6 is 0 Å². The Labute approximate surface area is 124 Å².